The van der Waals surface area contributed by atoms with Crippen LogP contribution in [0.5, 0.6) is 0 Å². The Balaban J connectivity index is 2.54. The van der Waals surface area contributed by atoms with Crippen molar-refractivity contribution in [2.45, 2.75) is 26.1 Å². The van der Waals surface area contributed by atoms with Gasteiger partial charge >= 0.3 is 0 Å². The van der Waals surface area contributed by atoms with Gasteiger partial charge in [0, 0.05) is 23.8 Å². The molecular weight excluding hydrogens is 308 g/mol. The molecule has 21 heavy (non-hydrogen) atoms. The van der Waals surface area contributed by atoms with E-state index in [0.717, 1.165) is 11.3 Å². The fraction of sp³-hybridized carbons (Fsp3) is 0.615. The number of anilines is 1. The smallest absolute Gasteiger partial charge is 0.171 e. The van der Waals surface area contributed by atoms with Gasteiger partial charge in [0.15, 0.2) is 15.7 Å². The van der Waals surface area contributed by atoms with Crippen LogP contribution < -0.4 is 4.90 Å². The van der Waals surface area contributed by atoms with E-state index in [1.54, 1.807) is 30.5 Å². The average molecular weight is 326 g/mol. The first-order chi connectivity index (χ1) is 9.92. The average Bonchev–Trinajstić information content (AvgIpc) is 2.50. The highest BCUT2D eigenvalue weighted by Crippen LogP contribution is 2.29. The zero-order valence-corrected chi connectivity index (χ0v) is 14.0. The molecule has 1 atom stereocenters. The van der Waals surface area contributed by atoms with Crippen molar-refractivity contribution in [2.75, 3.05) is 28.7 Å². The van der Waals surface area contributed by atoms with Crippen LogP contribution in [0, 0.1) is 25.2 Å². The van der Waals surface area contributed by atoms with Gasteiger partial charge in [-0.1, -0.05) is 6.92 Å². The van der Waals surface area contributed by atoms with Gasteiger partial charge in [0.25, 0.3) is 0 Å². The third-order valence-electron chi connectivity index (χ3n) is 3.72. The zero-order chi connectivity index (χ0) is 15.6. The molecule has 1 saturated heterocycles. The molecule has 0 aromatic carbocycles. The Labute approximate surface area is 129 Å². The predicted octanol–water partition coefficient (Wildman–Crippen LogP) is 1.28. The second-order valence-electron chi connectivity index (χ2n) is 4.90. The first kappa shape index (κ1) is 16.0. The predicted molar refractivity (Wildman–Crippen MR) is 84.1 cm³/mol. The summed E-state index contributed by atoms with van der Waals surface area (Å²) in [6.07, 6.45) is 0. The monoisotopic (exact) mass is 326 g/mol. The number of aromatic nitrogens is 2. The lowest BCUT2D eigenvalue weighted by Crippen LogP contribution is -2.48. The van der Waals surface area contributed by atoms with Gasteiger partial charge in [-0.3, -0.25) is 0 Å². The highest BCUT2D eigenvalue weighted by atomic mass is 32.2. The largest absolute Gasteiger partial charge is 0.336 e. The second kappa shape index (κ2) is 6.20. The molecule has 0 bridgehead atoms. The molecule has 1 aliphatic rings. The molecule has 114 valence electrons. The molecule has 0 N–H and O–H groups in total. The van der Waals surface area contributed by atoms with Gasteiger partial charge in [-0.05, 0) is 19.4 Å². The quantitative estimate of drug-likeness (QED) is 0.827. The van der Waals surface area contributed by atoms with Crippen molar-refractivity contribution in [1.29, 1.82) is 5.26 Å². The molecule has 1 aliphatic heterocycles. The fourth-order valence-electron chi connectivity index (χ4n) is 2.24. The molecule has 1 unspecified atom stereocenters. The van der Waals surface area contributed by atoms with Gasteiger partial charge in [0.1, 0.15) is 17.0 Å². The maximum absolute atomic E-state index is 12.3. The zero-order valence-electron chi connectivity index (χ0n) is 12.3. The van der Waals surface area contributed by atoms with Crippen molar-refractivity contribution in [3.8, 4) is 6.07 Å². The van der Waals surface area contributed by atoms with E-state index in [2.05, 4.69) is 16.3 Å². The van der Waals surface area contributed by atoms with Gasteiger partial charge in [-0.15, -0.1) is 5.10 Å². The molecule has 6 nitrogen and oxygen atoms in total. The van der Waals surface area contributed by atoms with E-state index in [1.165, 1.54) is 0 Å². The number of thioether (sulfide) groups is 1. The molecule has 0 amide bonds. The molecule has 2 rings (SSSR count). The van der Waals surface area contributed by atoms with Gasteiger partial charge in [-0.2, -0.15) is 22.1 Å². The number of rotatable bonds is 3. The van der Waals surface area contributed by atoms with E-state index >= 15 is 0 Å². The summed E-state index contributed by atoms with van der Waals surface area (Å²) >= 11 is 1.61. The standard InChI is InChI=1S/C13H18N4O2S2/c1-4-21(18,19)12-8-20-6-5-17(12)13-11(7-14)9(2)10(3)15-16-13/h12H,4-6,8H2,1-3H3. The van der Waals surface area contributed by atoms with Crippen LogP contribution in [0.2, 0.25) is 0 Å². The first-order valence-electron chi connectivity index (χ1n) is 6.72. The van der Waals surface area contributed by atoms with Crippen molar-refractivity contribution in [1.82, 2.24) is 10.2 Å². The molecule has 0 spiro atoms. The number of aryl methyl sites for hydroxylation is 1. The normalized spacial score (nSPS) is 19.3. The summed E-state index contributed by atoms with van der Waals surface area (Å²) in [6.45, 7) is 5.80. The van der Waals surface area contributed by atoms with E-state index in [1.807, 2.05) is 6.92 Å². The maximum Gasteiger partial charge on any atom is 0.171 e. The highest BCUT2D eigenvalue weighted by molar-refractivity contribution is 8.01. The van der Waals surface area contributed by atoms with E-state index in [4.69, 9.17) is 0 Å². The van der Waals surface area contributed by atoms with Gasteiger partial charge in [-0.25, -0.2) is 8.42 Å². The van der Waals surface area contributed by atoms with Crippen molar-refractivity contribution < 1.29 is 8.42 Å². The van der Waals surface area contributed by atoms with Crippen LogP contribution in [-0.4, -0.2) is 47.8 Å². The molecule has 1 aromatic rings. The molecule has 0 saturated carbocycles. The first-order valence-corrected chi connectivity index (χ1v) is 9.59. The molecule has 0 aliphatic carbocycles. The van der Waals surface area contributed by atoms with Crippen molar-refractivity contribution >= 4 is 27.4 Å². The molecule has 8 heteroatoms. The fourth-order valence-corrected chi connectivity index (χ4v) is 5.21. The minimum Gasteiger partial charge on any atom is -0.336 e. The van der Waals surface area contributed by atoms with Crippen molar-refractivity contribution in [3.63, 3.8) is 0 Å². The van der Waals surface area contributed by atoms with Gasteiger partial charge in [0.2, 0.25) is 0 Å². The Morgan fingerprint density at radius 2 is 2.14 bits per heavy atom. The van der Waals surface area contributed by atoms with Gasteiger partial charge < -0.3 is 4.90 Å². The number of sulfone groups is 1. The van der Waals surface area contributed by atoms with Crippen molar-refractivity contribution in [2.24, 2.45) is 0 Å². The van der Waals surface area contributed by atoms with Crippen molar-refractivity contribution in [3.05, 3.63) is 16.8 Å². The minimum atomic E-state index is -3.24. The van der Waals surface area contributed by atoms with Crippen LogP contribution >= 0.6 is 11.8 Å². The number of nitriles is 1. The molecular formula is C13H18N4O2S2. The Kier molecular flexibility index (Phi) is 4.74. The number of hydrogen-bond donors (Lipinski definition) is 0. The van der Waals surface area contributed by atoms with E-state index in [-0.39, 0.29) is 5.75 Å². The van der Waals surface area contributed by atoms with Crippen LogP contribution in [-0.2, 0) is 9.84 Å². The van der Waals surface area contributed by atoms with Gasteiger partial charge in [0.05, 0.1) is 5.69 Å². The summed E-state index contributed by atoms with van der Waals surface area (Å²) in [5, 5.41) is 16.9. The number of nitrogens with zero attached hydrogens (tertiary/aromatic N) is 4. The Hall–Kier alpha value is -1.33. The van der Waals surface area contributed by atoms with Crippen LogP contribution in [0.3, 0.4) is 0 Å². The highest BCUT2D eigenvalue weighted by Gasteiger charge is 2.35. The van der Waals surface area contributed by atoms with Crippen LogP contribution in [0.4, 0.5) is 5.82 Å². The third kappa shape index (κ3) is 2.99. The lowest BCUT2D eigenvalue weighted by Gasteiger charge is -2.35. The topological polar surface area (TPSA) is 87.0 Å². The summed E-state index contributed by atoms with van der Waals surface area (Å²) in [5.74, 6) is 1.78. The molecule has 2 heterocycles. The molecule has 1 aromatic heterocycles. The lowest BCUT2D eigenvalue weighted by molar-refractivity contribution is 0.578. The summed E-state index contributed by atoms with van der Waals surface area (Å²) in [7, 11) is -3.24. The van der Waals surface area contributed by atoms with E-state index < -0.39 is 15.2 Å². The summed E-state index contributed by atoms with van der Waals surface area (Å²) in [4.78, 5) is 1.73. The van der Waals surface area contributed by atoms with Crippen LogP contribution in [0.25, 0.3) is 0 Å². The Morgan fingerprint density at radius 1 is 1.43 bits per heavy atom. The van der Waals surface area contributed by atoms with Crippen LogP contribution in [0.1, 0.15) is 23.7 Å². The second-order valence-corrected chi connectivity index (χ2v) is 8.49. The van der Waals surface area contributed by atoms with Crippen LogP contribution in [0.15, 0.2) is 0 Å². The molecule has 1 fully saturated rings. The maximum atomic E-state index is 12.3. The lowest BCUT2D eigenvalue weighted by atomic mass is 10.1. The third-order valence-corrected chi connectivity index (χ3v) is 7.01. The van der Waals surface area contributed by atoms with E-state index in [0.29, 0.717) is 29.4 Å². The summed E-state index contributed by atoms with van der Waals surface area (Å²) in [6, 6.07) is 2.15. The Morgan fingerprint density at radius 3 is 2.76 bits per heavy atom. The summed E-state index contributed by atoms with van der Waals surface area (Å²) in [5.41, 5.74) is 1.87. The molecule has 0 radical (unpaired) electrons. The van der Waals surface area contributed by atoms with E-state index in [9.17, 15) is 13.7 Å². The Bertz CT molecular complexity index is 682. The summed E-state index contributed by atoms with van der Waals surface area (Å²) < 4.78 is 24.6. The SMILES string of the molecule is CCS(=O)(=O)C1CSCCN1c1nnc(C)c(C)c1C#N. The number of hydrogen-bond acceptors (Lipinski definition) is 7. The minimum absolute atomic E-state index is 0.0783.